The molecule has 0 radical (unpaired) electrons. The molecule has 11 nitrogen and oxygen atoms in total. The molecule has 0 aromatic heterocycles. The van der Waals surface area contributed by atoms with Crippen LogP contribution in [-0.2, 0) is 10.2 Å². The molecule has 0 saturated carbocycles. The monoisotopic (exact) mass is 330 g/mol. The summed E-state index contributed by atoms with van der Waals surface area (Å²) in [6.07, 6.45) is 0. The van der Waals surface area contributed by atoms with E-state index in [4.69, 9.17) is 0 Å². The van der Waals surface area contributed by atoms with E-state index in [2.05, 4.69) is 0 Å². The van der Waals surface area contributed by atoms with Crippen molar-refractivity contribution in [3.8, 4) is 0 Å². The minimum atomic E-state index is -4.32. The fourth-order valence-corrected chi connectivity index (χ4v) is 3.50. The minimum Gasteiger partial charge on any atom is -0.268 e. The van der Waals surface area contributed by atoms with E-state index < -0.39 is 54.6 Å². The van der Waals surface area contributed by atoms with Gasteiger partial charge in [-0.2, -0.15) is 8.42 Å². The largest absolute Gasteiger partial charge is 0.326 e. The van der Waals surface area contributed by atoms with E-state index >= 15 is 0 Å². The van der Waals surface area contributed by atoms with E-state index in [1.165, 1.54) is 13.8 Å². The first-order chi connectivity index (χ1) is 10.1. The second-order valence-corrected chi connectivity index (χ2v) is 6.25. The molecule has 0 saturated heterocycles. The summed E-state index contributed by atoms with van der Waals surface area (Å²) in [4.78, 5) is 32.2. The number of rotatable bonds is 3. The average Bonchev–Trinajstić information content (AvgIpc) is 2.35. The first-order valence-corrected chi connectivity index (χ1v) is 7.33. The van der Waals surface area contributed by atoms with Gasteiger partial charge in [0, 0.05) is 12.1 Å². The predicted octanol–water partition coefficient (Wildman–Crippen LogP) is 1.02. The summed E-state index contributed by atoms with van der Waals surface area (Å²) in [6.45, 7) is 2.85. The van der Waals surface area contributed by atoms with Crippen molar-refractivity contribution >= 4 is 33.2 Å². The Morgan fingerprint density at radius 3 is 2.23 bits per heavy atom. The van der Waals surface area contributed by atoms with Crippen LogP contribution < -0.4 is 4.72 Å². The Balaban J connectivity index is 2.81. The van der Waals surface area contributed by atoms with Crippen molar-refractivity contribution in [1.82, 2.24) is 4.31 Å². The molecule has 0 fully saturated rings. The second kappa shape index (κ2) is 4.91. The van der Waals surface area contributed by atoms with Gasteiger partial charge in [0.25, 0.3) is 11.6 Å². The lowest BCUT2D eigenvalue weighted by atomic mass is 10.1. The van der Waals surface area contributed by atoms with E-state index in [1.807, 2.05) is 4.72 Å². The third-order valence-corrected chi connectivity index (χ3v) is 4.47. The van der Waals surface area contributed by atoms with Crippen molar-refractivity contribution in [2.75, 3.05) is 4.72 Å². The number of nitrogens with zero attached hydrogens (tertiary/aromatic N) is 3. The van der Waals surface area contributed by atoms with Gasteiger partial charge < -0.3 is 0 Å². The van der Waals surface area contributed by atoms with E-state index in [9.17, 15) is 33.4 Å². The van der Waals surface area contributed by atoms with Gasteiger partial charge in [0.2, 0.25) is 0 Å². The van der Waals surface area contributed by atoms with Gasteiger partial charge in [0.1, 0.15) is 5.69 Å². The number of non-ortho nitro benzene ring substituents is 1. The predicted molar refractivity (Wildman–Crippen MR) is 73.6 cm³/mol. The molecule has 1 aliphatic heterocycles. The van der Waals surface area contributed by atoms with Gasteiger partial charge in [-0.3, -0.25) is 29.7 Å². The van der Waals surface area contributed by atoms with Crippen LogP contribution in [0.25, 0.3) is 0 Å². The number of nitro groups is 2. The Morgan fingerprint density at radius 2 is 1.77 bits per heavy atom. The van der Waals surface area contributed by atoms with Gasteiger partial charge in [-0.1, -0.05) is 0 Å². The fourth-order valence-electron chi connectivity index (χ4n) is 2.06. The summed E-state index contributed by atoms with van der Waals surface area (Å²) in [6, 6.07) is 0.637. The molecular weight excluding hydrogens is 320 g/mol. The lowest BCUT2D eigenvalue weighted by Crippen LogP contribution is -2.48. The molecule has 0 spiro atoms. The summed E-state index contributed by atoms with van der Waals surface area (Å²) in [5, 5.41) is 21.8. The van der Waals surface area contributed by atoms with E-state index in [1.54, 1.807) is 0 Å². The molecule has 0 atom stereocenters. The number of hydrogen-bond acceptors (Lipinski definition) is 7. The molecule has 0 bridgehead atoms. The molecule has 118 valence electrons. The summed E-state index contributed by atoms with van der Waals surface area (Å²) in [5.74, 6) is -1.06. The molecule has 0 unspecified atom stereocenters. The van der Waals surface area contributed by atoms with Gasteiger partial charge in [-0.05, 0) is 13.8 Å². The number of benzene rings is 1. The van der Waals surface area contributed by atoms with Crippen LogP contribution in [0.4, 0.5) is 17.1 Å². The van der Waals surface area contributed by atoms with E-state index in [-0.39, 0.29) is 0 Å². The maximum atomic E-state index is 12.3. The van der Waals surface area contributed by atoms with Gasteiger partial charge in [0.05, 0.1) is 21.5 Å². The lowest BCUT2D eigenvalue weighted by Gasteiger charge is -2.31. The maximum Gasteiger partial charge on any atom is 0.326 e. The maximum absolute atomic E-state index is 12.3. The molecule has 1 N–H and O–H groups in total. The van der Waals surface area contributed by atoms with Crippen LogP contribution in [-0.4, -0.2) is 34.5 Å². The molecular formula is C10H10N4O7S. The lowest BCUT2D eigenvalue weighted by molar-refractivity contribution is -0.393. The number of fused-ring (bicyclic) bond motifs is 1. The average molecular weight is 330 g/mol. The smallest absolute Gasteiger partial charge is 0.268 e. The Hall–Kier alpha value is -2.76. The first kappa shape index (κ1) is 15.6. The van der Waals surface area contributed by atoms with Crippen LogP contribution in [0.15, 0.2) is 12.1 Å². The van der Waals surface area contributed by atoms with Gasteiger partial charge in [0.15, 0.2) is 0 Å². The van der Waals surface area contributed by atoms with Crippen LogP contribution in [0.2, 0.25) is 0 Å². The second-order valence-electron chi connectivity index (χ2n) is 4.70. The fraction of sp³-hybridized carbons (Fsp3) is 0.300. The standard InChI is InChI=1S/C10H10N4O7S/c1-5(2)12-10(15)7-3-6(13(16)17)4-8(14(18)19)9(7)11-22(12,20)21/h3-5,11H,1-2H3. The number of nitro benzene ring substituents is 2. The summed E-state index contributed by atoms with van der Waals surface area (Å²) in [5.41, 5.74) is -2.55. The van der Waals surface area contributed by atoms with Crippen molar-refractivity contribution in [1.29, 1.82) is 0 Å². The summed E-state index contributed by atoms with van der Waals surface area (Å²) < 4.78 is 26.5. The van der Waals surface area contributed by atoms with Crippen LogP contribution in [0.3, 0.4) is 0 Å². The van der Waals surface area contributed by atoms with Crippen LogP contribution in [0, 0.1) is 20.2 Å². The third kappa shape index (κ3) is 2.32. The third-order valence-electron chi connectivity index (χ3n) is 2.90. The van der Waals surface area contributed by atoms with Gasteiger partial charge >= 0.3 is 15.9 Å². The quantitative estimate of drug-likeness (QED) is 0.641. The number of nitrogens with one attached hydrogen (secondary N) is 1. The molecule has 1 amide bonds. The van der Waals surface area contributed by atoms with Crippen molar-refractivity contribution in [3.05, 3.63) is 37.9 Å². The molecule has 1 aromatic carbocycles. The van der Waals surface area contributed by atoms with Crippen LogP contribution >= 0.6 is 0 Å². The molecule has 1 aliphatic rings. The van der Waals surface area contributed by atoms with Crippen molar-refractivity contribution in [2.24, 2.45) is 0 Å². The number of carbonyl (C=O) groups is 1. The molecule has 2 rings (SSSR count). The number of anilines is 1. The first-order valence-electron chi connectivity index (χ1n) is 5.89. The SMILES string of the molecule is CC(C)N1C(=O)c2cc([N+](=O)[O-])cc([N+](=O)[O-])c2NS1(=O)=O. The highest BCUT2D eigenvalue weighted by molar-refractivity contribution is 7.91. The minimum absolute atomic E-state index is 0.440. The topological polar surface area (TPSA) is 153 Å². The zero-order valence-corrected chi connectivity index (χ0v) is 12.2. The van der Waals surface area contributed by atoms with Crippen LogP contribution in [0.5, 0.6) is 0 Å². The highest BCUT2D eigenvalue weighted by atomic mass is 32.2. The molecule has 12 heteroatoms. The molecule has 1 heterocycles. The van der Waals surface area contributed by atoms with Gasteiger partial charge in [-0.15, -0.1) is 0 Å². The normalized spacial score (nSPS) is 16.1. The zero-order valence-electron chi connectivity index (χ0n) is 11.3. The number of hydrogen-bond donors (Lipinski definition) is 1. The summed E-state index contributed by atoms with van der Waals surface area (Å²) >= 11 is 0. The zero-order chi connectivity index (χ0) is 16.8. The summed E-state index contributed by atoms with van der Waals surface area (Å²) in [7, 11) is -4.32. The Bertz CT molecular complexity index is 802. The van der Waals surface area contributed by atoms with Gasteiger partial charge in [-0.25, -0.2) is 4.31 Å². The molecule has 1 aromatic rings. The molecule has 0 aliphatic carbocycles. The van der Waals surface area contributed by atoms with Crippen molar-refractivity contribution < 1.29 is 23.1 Å². The van der Waals surface area contributed by atoms with Crippen LogP contribution in [0.1, 0.15) is 24.2 Å². The Labute approximate surface area is 124 Å². The van der Waals surface area contributed by atoms with E-state index in [0.29, 0.717) is 10.4 Å². The highest BCUT2D eigenvalue weighted by Crippen LogP contribution is 2.38. The van der Waals surface area contributed by atoms with Crippen molar-refractivity contribution in [2.45, 2.75) is 19.9 Å². The Morgan fingerprint density at radius 1 is 1.18 bits per heavy atom. The van der Waals surface area contributed by atoms with Crippen molar-refractivity contribution in [3.63, 3.8) is 0 Å². The Kier molecular flexibility index (Phi) is 3.48. The highest BCUT2D eigenvalue weighted by Gasteiger charge is 2.42. The van der Waals surface area contributed by atoms with E-state index in [0.717, 1.165) is 6.07 Å². The molecule has 22 heavy (non-hydrogen) atoms. The number of amides is 1. The number of carbonyl (C=O) groups excluding carboxylic acids is 1.